The summed E-state index contributed by atoms with van der Waals surface area (Å²) in [6.45, 7) is -0.527. The number of rotatable bonds is 4. The van der Waals surface area contributed by atoms with E-state index in [0.29, 0.717) is 11.1 Å². The van der Waals surface area contributed by atoms with Gasteiger partial charge >= 0.3 is 5.97 Å². The Hall–Kier alpha value is -2.32. The second kappa shape index (κ2) is 6.42. The number of esters is 1. The molecule has 0 bridgehead atoms. The molecule has 0 spiro atoms. The van der Waals surface area contributed by atoms with Crippen molar-refractivity contribution in [2.75, 3.05) is 13.7 Å². The van der Waals surface area contributed by atoms with Gasteiger partial charge in [-0.2, -0.15) is 0 Å². The van der Waals surface area contributed by atoms with Crippen LogP contribution in [0.4, 0.5) is 0 Å². The number of methoxy groups -OCH3 is 1. The lowest BCUT2D eigenvalue weighted by atomic mass is 10.1. The fourth-order valence-corrected chi connectivity index (χ4v) is 1.28. The van der Waals surface area contributed by atoms with Crippen LogP contribution in [-0.4, -0.2) is 36.7 Å². The standard InChI is InChI=1S/C13H13NO4/c1-3-9-4-6-10(7-5-9)12(16)14-11(8-15)13(17)18-2/h1,4-7,11,15H,8H2,2H3,(H,14,16)/t11-/m1/s1. The molecule has 1 aromatic carbocycles. The van der Waals surface area contributed by atoms with Gasteiger partial charge in [0.05, 0.1) is 13.7 Å². The van der Waals surface area contributed by atoms with Crippen molar-refractivity contribution in [3.05, 3.63) is 35.4 Å². The molecule has 1 atom stereocenters. The molecule has 0 aliphatic carbocycles. The summed E-state index contributed by atoms with van der Waals surface area (Å²) in [5, 5.41) is 11.3. The molecule has 5 nitrogen and oxygen atoms in total. The number of carbonyl (C=O) groups is 2. The van der Waals surface area contributed by atoms with E-state index in [1.54, 1.807) is 12.1 Å². The third-order valence-electron chi connectivity index (χ3n) is 2.29. The molecule has 5 heteroatoms. The second-order valence-electron chi connectivity index (χ2n) is 3.45. The lowest BCUT2D eigenvalue weighted by Crippen LogP contribution is -2.44. The fraction of sp³-hybridized carbons (Fsp3) is 0.231. The average Bonchev–Trinajstić information content (AvgIpc) is 2.43. The third-order valence-corrected chi connectivity index (χ3v) is 2.29. The predicted molar refractivity (Wildman–Crippen MR) is 64.7 cm³/mol. The Bertz CT molecular complexity index is 473. The highest BCUT2D eigenvalue weighted by molar-refractivity contribution is 5.96. The number of carbonyl (C=O) groups excluding carboxylic acids is 2. The maximum Gasteiger partial charge on any atom is 0.330 e. The van der Waals surface area contributed by atoms with Gasteiger partial charge in [-0.05, 0) is 24.3 Å². The Kier molecular flexibility index (Phi) is 4.90. The van der Waals surface area contributed by atoms with Crippen molar-refractivity contribution in [3.8, 4) is 12.3 Å². The Labute approximate surface area is 105 Å². The van der Waals surface area contributed by atoms with Crippen molar-refractivity contribution in [1.82, 2.24) is 5.32 Å². The number of ether oxygens (including phenoxy) is 1. The summed E-state index contributed by atoms with van der Waals surface area (Å²) in [6, 6.07) is 5.23. The van der Waals surface area contributed by atoms with Crippen molar-refractivity contribution in [1.29, 1.82) is 0 Å². The van der Waals surface area contributed by atoms with Gasteiger partial charge in [-0.1, -0.05) is 5.92 Å². The molecule has 0 unspecified atom stereocenters. The first-order chi connectivity index (χ1) is 8.62. The van der Waals surface area contributed by atoms with Crippen LogP contribution >= 0.6 is 0 Å². The van der Waals surface area contributed by atoms with E-state index < -0.39 is 24.5 Å². The largest absolute Gasteiger partial charge is 0.467 e. The Morgan fingerprint density at radius 3 is 2.50 bits per heavy atom. The second-order valence-corrected chi connectivity index (χ2v) is 3.45. The van der Waals surface area contributed by atoms with E-state index in [4.69, 9.17) is 11.5 Å². The molecule has 0 aromatic heterocycles. The highest BCUT2D eigenvalue weighted by Gasteiger charge is 2.20. The quantitative estimate of drug-likeness (QED) is 0.577. The van der Waals surface area contributed by atoms with Crippen molar-refractivity contribution < 1.29 is 19.4 Å². The molecule has 0 aliphatic rings. The number of benzene rings is 1. The van der Waals surface area contributed by atoms with Crippen LogP contribution < -0.4 is 5.32 Å². The summed E-state index contributed by atoms with van der Waals surface area (Å²) in [5.74, 6) is 1.24. The van der Waals surface area contributed by atoms with Crippen LogP contribution in [0.3, 0.4) is 0 Å². The Morgan fingerprint density at radius 2 is 2.06 bits per heavy atom. The highest BCUT2D eigenvalue weighted by Crippen LogP contribution is 2.03. The topological polar surface area (TPSA) is 75.6 Å². The van der Waals surface area contributed by atoms with Crippen molar-refractivity contribution in [3.63, 3.8) is 0 Å². The Morgan fingerprint density at radius 1 is 1.44 bits per heavy atom. The van der Waals surface area contributed by atoms with Gasteiger partial charge in [0.2, 0.25) is 0 Å². The zero-order chi connectivity index (χ0) is 13.5. The molecule has 0 radical (unpaired) electrons. The molecular weight excluding hydrogens is 234 g/mol. The molecule has 0 saturated heterocycles. The fourth-order valence-electron chi connectivity index (χ4n) is 1.28. The van der Waals surface area contributed by atoms with E-state index in [2.05, 4.69) is 16.0 Å². The van der Waals surface area contributed by atoms with Gasteiger partial charge in [-0.15, -0.1) is 6.42 Å². The zero-order valence-electron chi connectivity index (χ0n) is 9.84. The number of aliphatic hydroxyl groups is 1. The van der Waals surface area contributed by atoms with E-state index in [1.807, 2.05) is 0 Å². The Balaban J connectivity index is 2.75. The summed E-state index contributed by atoms with van der Waals surface area (Å²) in [5.41, 5.74) is 0.995. The zero-order valence-corrected chi connectivity index (χ0v) is 9.84. The summed E-state index contributed by atoms with van der Waals surface area (Å²) in [6.07, 6.45) is 5.19. The third kappa shape index (κ3) is 3.34. The normalized spacial score (nSPS) is 11.2. The molecule has 0 aliphatic heterocycles. The van der Waals surface area contributed by atoms with E-state index >= 15 is 0 Å². The van der Waals surface area contributed by atoms with Gasteiger partial charge in [-0.3, -0.25) is 4.79 Å². The molecule has 0 fully saturated rings. The first kappa shape index (κ1) is 13.7. The van der Waals surface area contributed by atoms with Gasteiger partial charge in [0.1, 0.15) is 0 Å². The molecule has 0 heterocycles. The van der Waals surface area contributed by atoms with Crippen LogP contribution in [0.5, 0.6) is 0 Å². The van der Waals surface area contributed by atoms with Crippen LogP contribution in [0.25, 0.3) is 0 Å². The molecule has 1 rings (SSSR count). The van der Waals surface area contributed by atoms with Crippen LogP contribution in [0.15, 0.2) is 24.3 Å². The number of aliphatic hydroxyl groups excluding tert-OH is 1. The van der Waals surface area contributed by atoms with Crippen LogP contribution in [0.2, 0.25) is 0 Å². The molecule has 1 aromatic rings. The van der Waals surface area contributed by atoms with Gasteiger partial charge in [0.15, 0.2) is 6.04 Å². The maximum atomic E-state index is 11.8. The van der Waals surface area contributed by atoms with Gasteiger partial charge in [0.25, 0.3) is 5.91 Å². The first-order valence-corrected chi connectivity index (χ1v) is 5.18. The van der Waals surface area contributed by atoms with E-state index in [0.717, 1.165) is 0 Å². The molecule has 2 N–H and O–H groups in total. The minimum absolute atomic E-state index is 0.344. The minimum Gasteiger partial charge on any atom is -0.467 e. The van der Waals surface area contributed by atoms with Crippen molar-refractivity contribution in [2.24, 2.45) is 0 Å². The van der Waals surface area contributed by atoms with Gasteiger partial charge < -0.3 is 15.2 Å². The average molecular weight is 247 g/mol. The van der Waals surface area contributed by atoms with Crippen molar-refractivity contribution >= 4 is 11.9 Å². The van der Waals surface area contributed by atoms with E-state index in [1.165, 1.54) is 19.2 Å². The highest BCUT2D eigenvalue weighted by atomic mass is 16.5. The number of terminal acetylenes is 1. The van der Waals surface area contributed by atoms with Crippen LogP contribution in [-0.2, 0) is 9.53 Å². The number of hydrogen-bond donors (Lipinski definition) is 2. The summed E-state index contributed by atoms with van der Waals surface area (Å²) in [7, 11) is 1.18. The summed E-state index contributed by atoms with van der Waals surface area (Å²) >= 11 is 0. The van der Waals surface area contributed by atoms with Gasteiger partial charge in [0, 0.05) is 11.1 Å². The molecule has 1 amide bonds. The lowest BCUT2D eigenvalue weighted by Gasteiger charge is -2.13. The number of nitrogens with one attached hydrogen (secondary N) is 1. The van der Waals surface area contributed by atoms with E-state index in [9.17, 15) is 9.59 Å². The predicted octanol–water partition coefficient (Wildman–Crippen LogP) is -0.0684. The molecular formula is C13H13NO4. The SMILES string of the molecule is C#Cc1ccc(C(=O)N[C@H](CO)C(=O)OC)cc1. The van der Waals surface area contributed by atoms with Crippen LogP contribution in [0.1, 0.15) is 15.9 Å². The van der Waals surface area contributed by atoms with Crippen molar-refractivity contribution in [2.45, 2.75) is 6.04 Å². The smallest absolute Gasteiger partial charge is 0.330 e. The number of amides is 1. The van der Waals surface area contributed by atoms with E-state index in [-0.39, 0.29) is 0 Å². The maximum absolute atomic E-state index is 11.8. The first-order valence-electron chi connectivity index (χ1n) is 5.18. The molecule has 18 heavy (non-hydrogen) atoms. The summed E-state index contributed by atoms with van der Waals surface area (Å²) in [4.78, 5) is 22.9. The minimum atomic E-state index is -1.07. The van der Waals surface area contributed by atoms with Gasteiger partial charge in [-0.25, -0.2) is 4.79 Å². The summed E-state index contributed by atoms with van der Waals surface area (Å²) < 4.78 is 4.44. The monoisotopic (exact) mass is 247 g/mol. The lowest BCUT2D eigenvalue weighted by molar-refractivity contribution is -0.143. The molecule has 0 saturated carbocycles. The number of hydrogen-bond acceptors (Lipinski definition) is 4. The van der Waals surface area contributed by atoms with Crippen LogP contribution in [0, 0.1) is 12.3 Å². The molecule has 94 valence electrons.